The van der Waals surface area contributed by atoms with Crippen LogP contribution in [0.15, 0.2) is 0 Å². The van der Waals surface area contributed by atoms with Crippen LogP contribution in [0.5, 0.6) is 0 Å². The Bertz CT molecular complexity index is 189. The third-order valence-corrected chi connectivity index (χ3v) is 2.58. The van der Waals surface area contributed by atoms with E-state index >= 15 is 0 Å². The molecule has 0 unspecified atom stereocenters. The minimum absolute atomic E-state index is 0.111. The van der Waals surface area contributed by atoms with Crippen LogP contribution >= 0.6 is 0 Å². The number of carbonyl (C=O) groups is 1. The molecule has 0 aromatic heterocycles. The van der Waals surface area contributed by atoms with Crippen molar-refractivity contribution in [3.63, 3.8) is 0 Å². The number of rotatable bonds is 5. The van der Waals surface area contributed by atoms with Gasteiger partial charge in [-0.15, -0.1) is 0 Å². The standard InChI is InChI=1S/C10H20N2O2/c1-12(2)4-3-10(14)11-7-8-5-9(13)6-8/h8-9,13H,3-7H2,1-2H3,(H,11,14). The summed E-state index contributed by atoms with van der Waals surface area (Å²) in [6.45, 7) is 1.52. The van der Waals surface area contributed by atoms with Crippen LogP contribution in [0.3, 0.4) is 0 Å². The number of aliphatic hydroxyl groups is 1. The van der Waals surface area contributed by atoms with Crippen LogP contribution in [0.1, 0.15) is 19.3 Å². The van der Waals surface area contributed by atoms with E-state index in [0.29, 0.717) is 12.3 Å². The van der Waals surface area contributed by atoms with Crippen LogP contribution in [0.25, 0.3) is 0 Å². The van der Waals surface area contributed by atoms with Gasteiger partial charge in [0.25, 0.3) is 0 Å². The number of hydrogen-bond donors (Lipinski definition) is 2. The van der Waals surface area contributed by atoms with Crippen molar-refractivity contribution in [1.82, 2.24) is 10.2 Å². The Hall–Kier alpha value is -0.610. The number of hydrogen-bond acceptors (Lipinski definition) is 3. The molecule has 0 atom stereocenters. The molecule has 0 bridgehead atoms. The lowest BCUT2D eigenvalue weighted by Gasteiger charge is -2.31. The highest BCUT2D eigenvalue weighted by Crippen LogP contribution is 2.25. The molecular weight excluding hydrogens is 180 g/mol. The van der Waals surface area contributed by atoms with Crippen molar-refractivity contribution in [1.29, 1.82) is 0 Å². The molecule has 0 aliphatic heterocycles. The Morgan fingerprint density at radius 1 is 1.50 bits per heavy atom. The summed E-state index contributed by atoms with van der Waals surface area (Å²) in [7, 11) is 3.91. The topological polar surface area (TPSA) is 52.6 Å². The van der Waals surface area contributed by atoms with E-state index in [-0.39, 0.29) is 12.0 Å². The molecule has 1 rings (SSSR count). The molecule has 82 valence electrons. The van der Waals surface area contributed by atoms with E-state index in [4.69, 9.17) is 5.11 Å². The molecule has 14 heavy (non-hydrogen) atoms. The highest BCUT2D eigenvalue weighted by Gasteiger charge is 2.26. The van der Waals surface area contributed by atoms with Gasteiger partial charge in [0.1, 0.15) is 0 Å². The maximum Gasteiger partial charge on any atom is 0.221 e. The molecular formula is C10H20N2O2. The summed E-state index contributed by atoms with van der Waals surface area (Å²) < 4.78 is 0. The molecule has 0 saturated heterocycles. The summed E-state index contributed by atoms with van der Waals surface area (Å²) in [5, 5.41) is 11.9. The van der Waals surface area contributed by atoms with Crippen LogP contribution < -0.4 is 5.32 Å². The van der Waals surface area contributed by atoms with E-state index in [1.807, 2.05) is 19.0 Å². The Morgan fingerprint density at radius 2 is 2.14 bits per heavy atom. The second-order valence-corrected chi connectivity index (χ2v) is 4.35. The van der Waals surface area contributed by atoms with Gasteiger partial charge in [0.2, 0.25) is 5.91 Å². The molecule has 2 N–H and O–H groups in total. The quantitative estimate of drug-likeness (QED) is 0.647. The monoisotopic (exact) mass is 200 g/mol. The first-order valence-corrected chi connectivity index (χ1v) is 5.17. The fourth-order valence-electron chi connectivity index (χ4n) is 1.54. The lowest BCUT2D eigenvalue weighted by atomic mass is 9.82. The first-order valence-electron chi connectivity index (χ1n) is 5.17. The number of nitrogens with zero attached hydrogens (tertiary/aromatic N) is 1. The molecule has 1 aliphatic carbocycles. The molecule has 4 nitrogen and oxygen atoms in total. The summed E-state index contributed by atoms with van der Waals surface area (Å²) in [6, 6.07) is 0. The van der Waals surface area contributed by atoms with E-state index in [1.54, 1.807) is 0 Å². The van der Waals surface area contributed by atoms with Crippen LogP contribution in [-0.2, 0) is 4.79 Å². The van der Waals surface area contributed by atoms with Crippen LogP contribution in [0, 0.1) is 5.92 Å². The highest BCUT2D eigenvalue weighted by atomic mass is 16.3. The zero-order valence-corrected chi connectivity index (χ0v) is 8.99. The fourth-order valence-corrected chi connectivity index (χ4v) is 1.54. The van der Waals surface area contributed by atoms with Gasteiger partial charge in [-0.25, -0.2) is 0 Å². The van der Waals surface area contributed by atoms with Crippen LogP contribution in [-0.4, -0.2) is 49.2 Å². The van der Waals surface area contributed by atoms with Gasteiger partial charge in [0.15, 0.2) is 0 Å². The number of carbonyl (C=O) groups excluding carboxylic acids is 1. The summed E-state index contributed by atoms with van der Waals surface area (Å²) in [6.07, 6.45) is 2.11. The maximum atomic E-state index is 11.3. The van der Waals surface area contributed by atoms with E-state index in [0.717, 1.165) is 25.9 Å². The smallest absolute Gasteiger partial charge is 0.221 e. The van der Waals surface area contributed by atoms with Crippen molar-refractivity contribution < 1.29 is 9.90 Å². The van der Waals surface area contributed by atoms with Gasteiger partial charge < -0.3 is 15.3 Å². The summed E-state index contributed by atoms with van der Waals surface area (Å²) in [4.78, 5) is 13.3. The molecule has 0 heterocycles. The van der Waals surface area contributed by atoms with Gasteiger partial charge in [0.05, 0.1) is 6.10 Å². The van der Waals surface area contributed by atoms with Crippen molar-refractivity contribution in [3.05, 3.63) is 0 Å². The Balaban J connectivity index is 1.98. The molecule has 0 radical (unpaired) electrons. The molecule has 1 fully saturated rings. The Morgan fingerprint density at radius 3 is 2.64 bits per heavy atom. The van der Waals surface area contributed by atoms with Crippen molar-refractivity contribution >= 4 is 5.91 Å². The predicted octanol–water partition coefficient (Wildman–Crippen LogP) is -0.175. The highest BCUT2D eigenvalue weighted by molar-refractivity contribution is 5.76. The molecule has 1 saturated carbocycles. The van der Waals surface area contributed by atoms with Gasteiger partial charge in [0, 0.05) is 19.5 Å². The van der Waals surface area contributed by atoms with Crippen molar-refractivity contribution in [2.45, 2.75) is 25.4 Å². The van der Waals surface area contributed by atoms with Crippen molar-refractivity contribution in [3.8, 4) is 0 Å². The summed E-state index contributed by atoms with van der Waals surface area (Å²) in [5.74, 6) is 0.605. The third kappa shape index (κ3) is 4.07. The van der Waals surface area contributed by atoms with Crippen molar-refractivity contribution in [2.75, 3.05) is 27.2 Å². The lowest BCUT2D eigenvalue weighted by Crippen LogP contribution is -2.39. The first kappa shape index (κ1) is 11.5. The Labute approximate surface area is 85.3 Å². The fraction of sp³-hybridized carbons (Fsp3) is 0.900. The second-order valence-electron chi connectivity index (χ2n) is 4.35. The van der Waals surface area contributed by atoms with E-state index < -0.39 is 0 Å². The van der Waals surface area contributed by atoms with Crippen molar-refractivity contribution in [2.24, 2.45) is 5.92 Å². The molecule has 0 aromatic rings. The Kier molecular flexibility index (Phi) is 4.35. The third-order valence-electron chi connectivity index (χ3n) is 2.58. The predicted molar refractivity (Wildman–Crippen MR) is 54.9 cm³/mol. The largest absolute Gasteiger partial charge is 0.393 e. The van der Waals surface area contributed by atoms with E-state index in [2.05, 4.69) is 5.32 Å². The van der Waals surface area contributed by atoms with E-state index in [9.17, 15) is 4.79 Å². The second kappa shape index (κ2) is 5.32. The molecule has 1 amide bonds. The minimum Gasteiger partial charge on any atom is -0.393 e. The van der Waals surface area contributed by atoms with E-state index in [1.165, 1.54) is 0 Å². The molecule has 0 spiro atoms. The summed E-state index contributed by atoms with van der Waals surface area (Å²) >= 11 is 0. The number of nitrogens with one attached hydrogen (secondary N) is 1. The maximum absolute atomic E-state index is 11.3. The molecule has 4 heteroatoms. The van der Waals surface area contributed by atoms with Gasteiger partial charge in [-0.1, -0.05) is 0 Å². The van der Waals surface area contributed by atoms with Gasteiger partial charge in [-0.05, 0) is 32.9 Å². The normalized spacial score (nSPS) is 26.0. The van der Waals surface area contributed by atoms with Crippen LogP contribution in [0.4, 0.5) is 0 Å². The average Bonchev–Trinajstić information content (AvgIpc) is 2.07. The molecule has 1 aliphatic rings. The minimum atomic E-state index is -0.126. The van der Waals surface area contributed by atoms with Gasteiger partial charge in [-0.2, -0.15) is 0 Å². The number of aliphatic hydroxyl groups excluding tert-OH is 1. The van der Waals surface area contributed by atoms with Crippen LogP contribution in [0.2, 0.25) is 0 Å². The summed E-state index contributed by atoms with van der Waals surface area (Å²) in [5.41, 5.74) is 0. The SMILES string of the molecule is CN(C)CCC(=O)NCC1CC(O)C1. The van der Waals surface area contributed by atoms with Gasteiger partial charge in [-0.3, -0.25) is 4.79 Å². The first-order chi connectivity index (χ1) is 6.58. The molecule has 0 aromatic carbocycles. The zero-order chi connectivity index (χ0) is 10.6. The number of amides is 1. The van der Waals surface area contributed by atoms with Gasteiger partial charge >= 0.3 is 0 Å². The lowest BCUT2D eigenvalue weighted by molar-refractivity contribution is -0.121. The zero-order valence-electron chi connectivity index (χ0n) is 8.99. The average molecular weight is 200 g/mol.